The zero-order valence-electron chi connectivity index (χ0n) is 13.0. The van der Waals surface area contributed by atoms with E-state index in [0.29, 0.717) is 19.0 Å². The monoisotopic (exact) mass is 320 g/mol. The number of carbonyl (C=O) groups excluding carboxylic acids is 1. The molecule has 2 amide bonds. The van der Waals surface area contributed by atoms with Crippen molar-refractivity contribution in [3.8, 4) is 5.75 Å². The molecule has 0 spiro atoms. The Morgan fingerprint density at radius 2 is 1.96 bits per heavy atom. The summed E-state index contributed by atoms with van der Waals surface area (Å²) < 4.78 is 31.5. The lowest BCUT2D eigenvalue weighted by Crippen LogP contribution is -2.30. The Balaban J connectivity index is 1.89. The Bertz CT molecular complexity index is 705. The smallest absolute Gasteiger partial charge is 0.319 e. The summed E-state index contributed by atoms with van der Waals surface area (Å²) in [4.78, 5) is 11.7. The van der Waals surface area contributed by atoms with E-state index in [9.17, 15) is 13.6 Å². The molecule has 0 saturated heterocycles. The van der Waals surface area contributed by atoms with Crippen molar-refractivity contribution in [2.24, 2.45) is 0 Å². The topological polar surface area (TPSA) is 50.4 Å². The highest BCUT2D eigenvalue weighted by molar-refractivity contribution is 5.89. The van der Waals surface area contributed by atoms with Gasteiger partial charge in [-0.25, -0.2) is 13.6 Å². The fraction of sp³-hybridized carbons (Fsp3) is 0.235. The van der Waals surface area contributed by atoms with Crippen molar-refractivity contribution in [3.63, 3.8) is 0 Å². The number of carbonyl (C=O) groups is 1. The second-order valence-electron chi connectivity index (χ2n) is 5.07. The maximum atomic E-state index is 13.4. The average Bonchev–Trinajstić information content (AvgIpc) is 2.50. The molecule has 0 radical (unpaired) electrons. The molecule has 0 saturated carbocycles. The Labute approximate surface area is 133 Å². The van der Waals surface area contributed by atoms with Crippen LogP contribution in [0.5, 0.6) is 5.75 Å². The second-order valence-corrected chi connectivity index (χ2v) is 5.07. The zero-order chi connectivity index (χ0) is 16.8. The Hall–Kier alpha value is -2.63. The summed E-state index contributed by atoms with van der Waals surface area (Å²) in [5, 5.41) is 4.97. The molecule has 122 valence electrons. The number of halogens is 2. The van der Waals surface area contributed by atoms with E-state index in [1.165, 1.54) is 6.07 Å². The highest BCUT2D eigenvalue weighted by atomic mass is 19.1. The first-order chi connectivity index (χ1) is 11.0. The lowest BCUT2D eigenvalue weighted by Gasteiger charge is -2.11. The van der Waals surface area contributed by atoms with E-state index in [2.05, 4.69) is 10.6 Å². The molecule has 0 bridgehead atoms. The van der Waals surface area contributed by atoms with Crippen molar-refractivity contribution in [3.05, 3.63) is 59.2 Å². The lowest BCUT2D eigenvalue weighted by molar-refractivity contribution is 0.252. The van der Waals surface area contributed by atoms with Crippen LogP contribution < -0.4 is 15.4 Å². The first-order valence-electron chi connectivity index (χ1n) is 7.13. The highest BCUT2D eigenvalue weighted by Crippen LogP contribution is 2.20. The van der Waals surface area contributed by atoms with Crippen LogP contribution in [0.25, 0.3) is 0 Å². The molecule has 0 aliphatic carbocycles. The third-order valence-electron chi connectivity index (χ3n) is 3.30. The van der Waals surface area contributed by atoms with Crippen molar-refractivity contribution in [2.75, 3.05) is 19.0 Å². The summed E-state index contributed by atoms with van der Waals surface area (Å²) in [6.07, 6.45) is 0.574. The highest BCUT2D eigenvalue weighted by Gasteiger charge is 2.08. The van der Waals surface area contributed by atoms with Crippen LogP contribution in [-0.4, -0.2) is 19.7 Å². The first kappa shape index (κ1) is 16.7. The number of hydrogen-bond donors (Lipinski definition) is 2. The number of anilines is 1. The second kappa shape index (κ2) is 7.58. The fourth-order valence-electron chi connectivity index (χ4n) is 2.17. The number of rotatable bonds is 5. The standard InChI is InChI=1S/C17H18F2N2O2/c1-11-3-6-16(23-2)12(9-11)7-8-20-17(22)21-15-5-4-13(18)10-14(15)19/h3-6,9-10H,7-8H2,1-2H3,(H2,20,21,22). The zero-order valence-corrected chi connectivity index (χ0v) is 13.0. The molecule has 2 aromatic rings. The molecule has 0 aliphatic rings. The van der Waals surface area contributed by atoms with Gasteiger partial charge in [-0.05, 0) is 37.1 Å². The van der Waals surface area contributed by atoms with Gasteiger partial charge in [-0.15, -0.1) is 0 Å². The van der Waals surface area contributed by atoms with Gasteiger partial charge in [0.05, 0.1) is 12.8 Å². The van der Waals surface area contributed by atoms with E-state index < -0.39 is 17.7 Å². The summed E-state index contributed by atoms with van der Waals surface area (Å²) in [5.74, 6) is -0.761. The van der Waals surface area contributed by atoms with Crippen LogP contribution in [0.15, 0.2) is 36.4 Å². The van der Waals surface area contributed by atoms with Crippen LogP contribution in [0.3, 0.4) is 0 Å². The number of hydrogen-bond acceptors (Lipinski definition) is 2. The molecule has 0 aromatic heterocycles. The summed E-state index contributed by atoms with van der Waals surface area (Å²) in [6, 6.07) is 8.22. The maximum Gasteiger partial charge on any atom is 0.319 e. The number of amides is 2. The molecule has 0 fully saturated rings. The number of ether oxygens (including phenoxy) is 1. The minimum absolute atomic E-state index is 0.0722. The van der Waals surface area contributed by atoms with E-state index >= 15 is 0 Å². The maximum absolute atomic E-state index is 13.4. The van der Waals surface area contributed by atoms with Crippen LogP contribution in [0.2, 0.25) is 0 Å². The number of methoxy groups -OCH3 is 1. The number of aryl methyl sites for hydroxylation is 1. The van der Waals surface area contributed by atoms with E-state index in [0.717, 1.165) is 22.9 Å². The molecule has 4 nitrogen and oxygen atoms in total. The van der Waals surface area contributed by atoms with E-state index in [1.54, 1.807) is 7.11 Å². The van der Waals surface area contributed by atoms with E-state index in [1.807, 2.05) is 25.1 Å². The Morgan fingerprint density at radius 3 is 2.65 bits per heavy atom. The molecule has 0 atom stereocenters. The predicted octanol–water partition coefficient (Wildman–Crippen LogP) is 3.65. The normalized spacial score (nSPS) is 10.3. The number of urea groups is 1. The van der Waals surface area contributed by atoms with Gasteiger partial charge in [0.2, 0.25) is 0 Å². The van der Waals surface area contributed by atoms with Crippen molar-refractivity contribution < 1.29 is 18.3 Å². The van der Waals surface area contributed by atoms with Crippen LogP contribution in [-0.2, 0) is 6.42 Å². The molecular formula is C17H18F2N2O2. The van der Waals surface area contributed by atoms with Crippen molar-refractivity contribution in [2.45, 2.75) is 13.3 Å². The molecule has 6 heteroatoms. The third-order valence-corrected chi connectivity index (χ3v) is 3.30. The third kappa shape index (κ3) is 4.67. The first-order valence-corrected chi connectivity index (χ1v) is 7.13. The summed E-state index contributed by atoms with van der Waals surface area (Å²) in [7, 11) is 1.59. The van der Waals surface area contributed by atoms with Gasteiger partial charge in [-0.1, -0.05) is 17.7 Å². The van der Waals surface area contributed by atoms with Gasteiger partial charge in [0, 0.05) is 12.6 Å². The molecular weight excluding hydrogens is 302 g/mol. The molecule has 2 aromatic carbocycles. The molecule has 2 N–H and O–H groups in total. The van der Waals surface area contributed by atoms with Gasteiger partial charge in [0.25, 0.3) is 0 Å². The largest absolute Gasteiger partial charge is 0.496 e. The van der Waals surface area contributed by atoms with Crippen LogP contribution in [0, 0.1) is 18.6 Å². The van der Waals surface area contributed by atoms with Crippen molar-refractivity contribution in [1.82, 2.24) is 5.32 Å². The van der Waals surface area contributed by atoms with Crippen LogP contribution >= 0.6 is 0 Å². The van der Waals surface area contributed by atoms with Gasteiger partial charge in [0.1, 0.15) is 17.4 Å². The molecule has 0 heterocycles. The molecule has 2 rings (SSSR count). The fourth-order valence-corrected chi connectivity index (χ4v) is 2.17. The van der Waals surface area contributed by atoms with Crippen molar-refractivity contribution >= 4 is 11.7 Å². The summed E-state index contributed by atoms with van der Waals surface area (Å²) >= 11 is 0. The molecule has 0 aliphatic heterocycles. The van der Waals surface area contributed by atoms with Gasteiger partial charge < -0.3 is 15.4 Å². The Morgan fingerprint density at radius 1 is 1.17 bits per heavy atom. The number of benzene rings is 2. The Kier molecular flexibility index (Phi) is 5.51. The quantitative estimate of drug-likeness (QED) is 0.883. The molecule has 0 unspecified atom stereocenters. The van der Waals surface area contributed by atoms with Crippen molar-refractivity contribution in [1.29, 1.82) is 0 Å². The van der Waals surface area contributed by atoms with E-state index in [-0.39, 0.29) is 5.69 Å². The average molecular weight is 320 g/mol. The summed E-state index contributed by atoms with van der Waals surface area (Å²) in [5.41, 5.74) is 2.00. The van der Waals surface area contributed by atoms with Gasteiger partial charge >= 0.3 is 6.03 Å². The minimum atomic E-state index is -0.819. The molecule has 23 heavy (non-hydrogen) atoms. The minimum Gasteiger partial charge on any atom is -0.496 e. The van der Waals surface area contributed by atoms with Crippen LogP contribution in [0.4, 0.5) is 19.3 Å². The summed E-state index contributed by atoms with van der Waals surface area (Å²) in [6.45, 7) is 2.33. The van der Waals surface area contributed by atoms with Gasteiger partial charge in [-0.2, -0.15) is 0 Å². The SMILES string of the molecule is COc1ccc(C)cc1CCNC(=O)Nc1ccc(F)cc1F. The number of nitrogens with one attached hydrogen (secondary N) is 2. The van der Waals surface area contributed by atoms with E-state index in [4.69, 9.17) is 4.74 Å². The van der Waals surface area contributed by atoms with Crippen LogP contribution in [0.1, 0.15) is 11.1 Å². The lowest BCUT2D eigenvalue weighted by atomic mass is 10.1. The van der Waals surface area contributed by atoms with Gasteiger partial charge in [-0.3, -0.25) is 0 Å². The predicted molar refractivity (Wildman–Crippen MR) is 84.8 cm³/mol. The van der Waals surface area contributed by atoms with Gasteiger partial charge in [0.15, 0.2) is 0 Å².